The van der Waals surface area contributed by atoms with E-state index in [0.717, 1.165) is 45.5 Å². The first-order chi connectivity index (χ1) is 15.6. The maximum Gasteiger partial charge on any atom is 0.258 e. The summed E-state index contributed by atoms with van der Waals surface area (Å²) in [6, 6.07) is 28.1. The van der Waals surface area contributed by atoms with Crippen LogP contribution < -0.4 is 0 Å². The van der Waals surface area contributed by atoms with Gasteiger partial charge in [0.1, 0.15) is 5.69 Å². The van der Waals surface area contributed by atoms with Crippen LogP contribution in [0.5, 0.6) is 0 Å². The highest BCUT2D eigenvalue weighted by molar-refractivity contribution is 9.10. The molecule has 162 valence electrons. The van der Waals surface area contributed by atoms with Crippen molar-refractivity contribution in [3.8, 4) is 16.9 Å². The van der Waals surface area contributed by atoms with Crippen molar-refractivity contribution in [2.24, 2.45) is 0 Å². The van der Waals surface area contributed by atoms with Gasteiger partial charge in [-0.3, -0.25) is 4.79 Å². The van der Waals surface area contributed by atoms with Crippen molar-refractivity contribution in [1.82, 2.24) is 14.7 Å². The Labute approximate surface area is 197 Å². The van der Waals surface area contributed by atoms with Crippen LogP contribution in [0.2, 0.25) is 0 Å². The fourth-order valence-corrected chi connectivity index (χ4v) is 4.12. The van der Waals surface area contributed by atoms with Gasteiger partial charge in [0.05, 0.1) is 16.9 Å². The molecule has 0 saturated carbocycles. The first-order valence-electron chi connectivity index (χ1n) is 10.8. The third-order valence-electron chi connectivity index (χ3n) is 5.41. The Bertz CT molecular complexity index is 1190. The van der Waals surface area contributed by atoms with Crippen LogP contribution in [0.1, 0.15) is 35.0 Å². The molecule has 0 atom stereocenters. The second-order valence-electron chi connectivity index (χ2n) is 7.82. The molecule has 32 heavy (non-hydrogen) atoms. The monoisotopic (exact) mass is 487 g/mol. The molecule has 0 spiro atoms. The molecular weight excluding hydrogens is 462 g/mol. The first kappa shape index (κ1) is 22.0. The second-order valence-corrected chi connectivity index (χ2v) is 8.74. The number of carbonyl (C=O) groups is 1. The molecule has 0 radical (unpaired) electrons. The van der Waals surface area contributed by atoms with Gasteiger partial charge in [-0.05, 0) is 36.2 Å². The highest BCUT2D eigenvalue weighted by atomic mass is 79.9. The normalized spacial score (nSPS) is 10.8. The first-order valence-corrected chi connectivity index (χ1v) is 11.6. The molecule has 0 saturated heterocycles. The number of aromatic nitrogens is 2. The maximum absolute atomic E-state index is 13.8. The summed E-state index contributed by atoms with van der Waals surface area (Å²) in [5.74, 6) is -0.0163. The molecule has 1 aromatic heterocycles. The third-order valence-corrected chi connectivity index (χ3v) is 5.94. The number of hydrogen-bond donors (Lipinski definition) is 0. The van der Waals surface area contributed by atoms with E-state index in [4.69, 9.17) is 5.10 Å². The SMILES string of the molecule is CCCc1c(C(=O)N(C)Cc2ccc(Br)cc2)c(-c2ccccc2)nn1-c1ccccc1. The van der Waals surface area contributed by atoms with Gasteiger partial charge < -0.3 is 4.90 Å². The van der Waals surface area contributed by atoms with Gasteiger partial charge in [0.25, 0.3) is 5.91 Å². The van der Waals surface area contributed by atoms with E-state index >= 15 is 0 Å². The predicted molar refractivity (Wildman–Crippen MR) is 133 cm³/mol. The zero-order chi connectivity index (χ0) is 22.5. The molecule has 4 aromatic rings. The summed E-state index contributed by atoms with van der Waals surface area (Å²) in [5, 5.41) is 4.95. The summed E-state index contributed by atoms with van der Waals surface area (Å²) in [5.41, 5.74) is 5.35. The largest absolute Gasteiger partial charge is 0.337 e. The number of rotatable bonds is 7. The van der Waals surface area contributed by atoms with Crippen molar-refractivity contribution in [1.29, 1.82) is 0 Å². The molecule has 3 aromatic carbocycles. The predicted octanol–water partition coefficient (Wildman–Crippen LogP) is 6.53. The Hall–Kier alpha value is -3.18. The van der Waals surface area contributed by atoms with Gasteiger partial charge in [-0.15, -0.1) is 0 Å². The summed E-state index contributed by atoms with van der Waals surface area (Å²) >= 11 is 3.47. The Morgan fingerprint density at radius 3 is 2.19 bits per heavy atom. The molecule has 0 bridgehead atoms. The third kappa shape index (κ3) is 4.68. The minimum absolute atomic E-state index is 0.0163. The molecule has 0 unspecified atom stereocenters. The molecule has 5 heteroatoms. The summed E-state index contributed by atoms with van der Waals surface area (Å²) in [6.07, 6.45) is 1.69. The van der Waals surface area contributed by atoms with Crippen LogP contribution in [-0.4, -0.2) is 27.6 Å². The molecular formula is C27H26BrN3O. The molecule has 1 amide bonds. The Kier molecular flexibility index (Phi) is 6.86. The molecule has 4 rings (SSSR count). The van der Waals surface area contributed by atoms with Crippen LogP contribution in [-0.2, 0) is 13.0 Å². The van der Waals surface area contributed by atoms with Crippen LogP contribution in [0.4, 0.5) is 0 Å². The van der Waals surface area contributed by atoms with Gasteiger partial charge in [-0.2, -0.15) is 5.10 Å². The van der Waals surface area contributed by atoms with Crippen molar-refractivity contribution in [2.45, 2.75) is 26.3 Å². The molecule has 0 N–H and O–H groups in total. The maximum atomic E-state index is 13.8. The number of halogens is 1. The van der Waals surface area contributed by atoms with Crippen LogP contribution in [0, 0.1) is 0 Å². The second kappa shape index (κ2) is 9.96. The van der Waals surface area contributed by atoms with E-state index in [1.54, 1.807) is 4.90 Å². The van der Waals surface area contributed by atoms with Gasteiger partial charge in [-0.25, -0.2) is 4.68 Å². The van der Waals surface area contributed by atoms with Crippen LogP contribution in [0.15, 0.2) is 89.4 Å². The zero-order valence-electron chi connectivity index (χ0n) is 18.3. The highest BCUT2D eigenvalue weighted by Crippen LogP contribution is 2.30. The van der Waals surface area contributed by atoms with Gasteiger partial charge >= 0.3 is 0 Å². The lowest BCUT2D eigenvalue weighted by atomic mass is 10.0. The zero-order valence-corrected chi connectivity index (χ0v) is 19.9. The molecule has 0 aliphatic heterocycles. The number of amides is 1. The average molecular weight is 488 g/mol. The molecule has 0 aliphatic rings. The van der Waals surface area contributed by atoms with Gasteiger partial charge in [0.2, 0.25) is 0 Å². The van der Waals surface area contributed by atoms with Crippen LogP contribution >= 0.6 is 15.9 Å². The van der Waals surface area contributed by atoms with Crippen molar-refractivity contribution in [3.63, 3.8) is 0 Å². The Morgan fingerprint density at radius 2 is 1.56 bits per heavy atom. The van der Waals surface area contributed by atoms with E-state index in [9.17, 15) is 4.79 Å². The van der Waals surface area contributed by atoms with Crippen molar-refractivity contribution >= 4 is 21.8 Å². The molecule has 0 fully saturated rings. The van der Waals surface area contributed by atoms with Gasteiger partial charge in [0.15, 0.2) is 0 Å². The summed E-state index contributed by atoms with van der Waals surface area (Å²) in [6.45, 7) is 2.66. The minimum atomic E-state index is -0.0163. The Morgan fingerprint density at radius 1 is 0.938 bits per heavy atom. The fraction of sp³-hybridized carbons (Fsp3) is 0.185. The summed E-state index contributed by atoms with van der Waals surface area (Å²) in [4.78, 5) is 15.6. The fourth-order valence-electron chi connectivity index (χ4n) is 3.85. The van der Waals surface area contributed by atoms with E-state index in [-0.39, 0.29) is 5.91 Å². The molecule has 1 heterocycles. The number of para-hydroxylation sites is 1. The number of hydrogen-bond acceptors (Lipinski definition) is 2. The number of nitrogens with zero attached hydrogens (tertiary/aromatic N) is 3. The van der Waals surface area contributed by atoms with Crippen LogP contribution in [0.3, 0.4) is 0 Å². The van der Waals surface area contributed by atoms with E-state index in [1.807, 2.05) is 96.7 Å². The number of benzene rings is 3. The average Bonchev–Trinajstić information content (AvgIpc) is 3.20. The van der Waals surface area contributed by atoms with Gasteiger partial charge in [0, 0.05) is 23.6 Å². The minimum Gasteiger partial charge on any atom is -0.337 e. The van der Waals surface area contributed by atoms with E-state index in [1.165, 1.54) is 0 Å². The lowest BCUT2D eigenvalue weighted by Gasteiger charge is -2.19. The molecule has 4 nitrogen and oxygen atoms in total. The van der Waals surface area contributed by atoms with E-state index in [0.29, 0.717) is 12.1 Å². The number of carbonyl (C=O) groups excluding carboxylic acids is 1. The Balaban J connectivity index is 1.81. The topological polar surface area (TPSA) is 38.1 Å². The van der Waals surface area contributed by atoms with Crippen LogP contribution in [0.25, 0.3) is 16.9 Å². The standard InChI is InChI=1S/C27H26BrN3O/c1-3-10-24-25(27(32)30(2)19-20-15-17-22(28)18-16-20)26(21-11-6-4-7-12-21)29-31(24)23-13-8-5-9-14-23/h4-9,11-18H,3,10,19H2,1-2H3. The molecule has 0 aliphatic carbocycles. The van der Waals surface area contributed by atoms with Crippen molar-refractivity contribution in [2.75, 3.05) is 7.05 Å². The lowest BCUT2D eigenvalue weighted by molar-refractivity contribution is 0.0784. The highest BCUT2D eigenvalue weighted by Gasteiger charge is 2.27. The summed E-state index contributed by atoms with van der Waals surface area (Å²) in [7, 11) is 1.86. The van der Waals surface area contributed by atoms with E-state index in [2.05, 4.69) is 22.9 Å². The smallest absolute Gasteiger partial charge is 0.258 e. The van der Waals surface area contributed by atoms with Crippen molar-refractivity contribution in [3.05, 3.63) is 106 Å². The quantitative estimate of drug-likeness (QED) is 0.297. The van der Waals surface area contributed by atoms with Gasteiger partial charge in [-0.1, -0.05) is 89.9 Å². The van der Waals surface area contributed by atoms with E-state index < -0.39 is 0 Å². The lowest BCUT2D eigenvalue weighted by Crippen LogP contribution is -2.27. The van der Waals surface area contributed by atoms with Crippen molar-refractivity contribution < 1.29 is 4.79 Å². The summed E-state index contributed by atoms with van der Waals surface area (Å²) < 4.78 is 2.96.